The van der Waals surface area contributed by atoms with Gasteiger partial charge in [-0.25, -0.2) is 4.98 Å². The lowest BCUT2D eigenvalue weighted by molar-refractivity contribution is -0.141. The fourth-order valence-electron chi connectivity index (χ4n) is 1.08. The van der Waals surface area contributed by atoms with Crippen LogP contribution in [0.4, 0.5) is 13.2 Å². The molecular formula is C8H6F3N3O2. The Kier molecular flexibility index (Phi) is 2.43. The average molecular weight is 233 g/mol. The zero-order valence-electron chi connectivity index (χ0n) is 7.75. The largest absolute Gasteiger partial charge is 0.443 e. The zero-order valence-corrected chi connectivity index (χ0v) is 7.75. The summed E-state index contributed by atoms with van der Waals surface area (Å²) in [6.07, 6.45) is -3.36. The van der Waals surface area contributed by atoms with Crippen LogP contribution in [0.1, 0.15) is 11.4 Å². The van der Waals surface area contributed by atoms with E-state index in [-0.39, 0.29) is 23.9 Å². The molecule has 0 saturated heterocycles. The lowest BCUT2D eigenvalue weighted by Crippen LogP contribution is -2.04. The number of aromatic nitrogens is 3. The molecule has 86 valence electrons. The van der Waals surface area contributed by atoms with Crippen LogP contribution in [0, 0.1) is 0 Å². The van der Waals surface area contributed by atoms with Gasteiger partial charge in [-0.15, -0.1) is 0 Å². The maximum absolute atomic E-state index is 12.2. The second-order valence-electron chi connectivity index (χ2n) is 2.97. The van der Waals surface area contributed by atoms with E-state index in [9.17, 15) is 13.2 Å². The molecular weight excluding hydrogens is 227 g/mol. The monoisotopic (exact) mass is 233 g/mol. The quantitative estimate of drug-likeness (QED) is 0.825. The second-order valence-corrected chi connectivity index (χ2v) is 2.97. The summed E-state index contributed by atoms with van der Waals surface area (Å²) >= 11 is 0. The minimum absolute atomic E-state index is 0.00650. The predicted octanol–water partition coefficient (Wildman–Crippen LogP) is 1.58. The molecule has 0 unspecified atom stereocenters. The standard InChI is InChI=1S/C8H6F3N3O2/c9-8(10,11)6-1-5(13-14-6)7-12-4(2-15)3-16-7/h1,3,15H,2H2,(H,13,14). The van der Waals surface area contributed by atoms with Crippen LogP contribution in [0.15, 0.2) is 16.7 Å². The summed E-state index contributed by atoms with van der Waals surface area (Å²) in [5, 5.41) is 13.9. The Labute approximate surface area is 86.9 Å². The second kappa shape index (κ2) is 3.63. The van der Waals surface area contributed by atoms with Crippen molar-refractivity contribution < 1.29 is 22.7 Å². The Hall–Kier alpha value is -1.83. The molecule has 5 nitrogen and oxygen atoms in total. The Morgan fingerprint density at radius 3 is 2.69 bits per heavy atom. The number of H-pyrrole nitrogens is 1. The predicted molar refractivity (Wildman–Crippen MR) is 45.0 cm³/mol. The highest BCUT2D eigenvalue weighted by Crippen LogP contribution is 2.29. The Morgan fingerprint density at radius 1 is 1.44 bits per heavy atom. The average Bonchev–Trinajstić information content (AvgIpc) is 2.85. The third-order valence-corrected chi connectivity index (χ3v) is 1.81. The first-order chi connectivity index (χ1) is 7.50. The summed E-state index contributed by atoms with van der Waals surface area (Å²) in [6, 6.07) is 0.785. The fraction of sp³-hybridized carbons (Fsp3) is 0.250. The molecule has 2 aromatic heterocycles. The van der Waals surface area contributed by atoms with Gasteiger partial charge in [0.25, 0.3) is 0 Å². The summed E-state index contributed by atoms with van der Waals surface area (Å²) < 4.78 is 41.5. The van der Waals surface area contributed by atoms with Crippen LogP contribution >= 0.6 is 0 Å². The van der Waals surface area contributed by atoms with Gasteiger partial charge in [0.1, 0.15) is 17.7 Å². The molecule has 2 aromatic rings. The van der Waals surface area contributed by atoms with Crippen LogP contribution in [-0.4, -0.2) is 20.3 Å². The third kappa shape index (κ3) is 1.91. The van der Waals surface area contributed by atoms with Crippen LogP contribution in [0.25, 0.3) is 11.6 Å². The van der Waals surface area contributed by atoms with E-state index in [1.54, 1.807) is 0 Å². The smallest absolute Gasteiger partial charge is 0.435 e. The van der Waals surface area contributed by atoms with E-state index in [1.807, 2.05) is 0 Å². The first-order valence-corrected chi connectivity index (χ1v) is 4.19. The van der Waals surface area contributed by atoms with Gasteiger partial charge in [0.2, 0.25) is 5.89 Å². The van der Waals surface area contributed by atoms with Crippen molar-refractivity contribution in [1.29, 1.82) is 0 Å². The van der Waals surface area contributed by atoms with E-state index in [1.165, 1.54) is 0 Å². The summed E-state index contributed by atoms with van der Waals surface area (Å²) in [6.45, 7) is -0.343. The minimum atomic E-state index is -4.51. The van der Waals surface area contributed by atoms with E-state index in [0.29, 0.717) is 0 Å². The van der Waals surface area contributed by atoms with Gasteiger partial charge in [-0.1, -0.05) is 0 Å². The maximum Gasteiger partial charge on any atom is 0.435 e. The zero-order chi connectivity index (χ0) is 11.8. The van der Waals surface area contributed by atoms with Crippen molar-refractivity contribution in [3.63, 3.8) is 0 Å². The van der Waals surface area contributed by atoms with Gasteiger partial charge >= 0.3 is 6.18 Å². The van der Waals surface area contributed by atoms with Crippen molar-refractivity contribution >= 4 is 0 Å². The molecule has 0 bridgehead atoms. The topological polar surface area (TPSA) is 74.9 Å². The van der Waals surface area contributed by atoms with Gasteiger partial charge in [-0.2, -0.15) is 18.3 Å². The highest BCUT2D eigenvalue weighted by atomic mass is 19.4. The van der Waals surface area contributed by atoms with Crippen LogP contribution < -0.4 is 0 Å². The highest BCUT2D eigenvalue weighted by Gasteiger charge is 2.34. The Balaban J connectivity index is 2.31. The molecule has 0 spiro atoms. The van der Waals surface area contributed by atoms with Crippen molar-refractivity contribution in [3.05, 3.63) is 23.7 Å². The Morgan fingerprint density at radius 2 is 2.19 bits per heavy atom. The lowest BCUT2D eigenvalue weighted by atomic mass is 10.3. The Bertz CT molecular complexity index is 489. The number of nitrogens with one attached hydrogen (secondary N) is 1. The molecule has 2 heterocycles. The molecule has 2 rings (SSSR count). The number of aromatic amines is 1. The minimum Gasteiger partial charge on any atom is -0.443 e. The summed E-state index contributed by atoms with van der Waals surface area (Å²) in [5.41, 5.74) is -0.809. The fourth-order valence-corrected chi connectivity index (χ4v) is 1.08. The van der Waals surface area contributed by atoms with E-state index < -0.39 is 11.9 Å². The van der Waals surface area contributed by atoms with E-state index in [0.717, 1.165) is 12.3 Å². The molecule has 0 atom stereocenters. The van der Waals surface area contributed by atoms with Gasteiger partial charge in [-0.3, -0.25) is 5.10 Å². The van der Waals surface area contributed by atoms with Crippen LogP contribution in [0.2, 0.25) is 0 Å². The van der Waals surface area contributed by atoms with Gasteiger partial charge in [0.05, 0.1) is 6.61 Å². The molecule has 0 aliphatic heterocycles. The summed E-state index contributed by atoms with van der Waals surface area (Å²) in [4.78, 5) is 3.74. The van der Waals surface area contributed by atoms with Crippen molar-refractivity contribution in [2.75, 3.05) is 0 Å². The maximum atomic E-state index is 12.2. The number of hydrogen-bond donors (Lipinski definition) is 2. The van der Waals surface area contributed by atoms with Crippen molar-refractivity contribution in [2.45, 2.75) is 12.8 Å². The van der Waals surface area contributed by atoms with Crippen molar-refractivity contribution in [3.8, 4) is 11.6 Å². The van der Waals surface area contributed by atoms with E-state index in [2.05, 4.69) is 15.2 Å². The van der Waals surface area contributed by atoms with E-state index in [4.69, 9.17) is 9.52 Å². The number of halogens is 3. The highest BCUT2D eigenvalue weighted by molar-refractivity contribution is 5.47. The molecule has 0 amide bonds. The number of aliphatic hydroxyl groups is 1. The number of alkyl halides is 3. The van der Waals surface area contributed by atoms with Gasteiger partial charge in [0, 0.05) is 6.07 Å². The van der Waals surface area contributed by atoms with Gasteiger partial charge < -0.3 is 9.52 Å². The van der Waals surface area contributed by atoms with Gasteiger partial charge in [-0.05, 0) is 0 Å². The van der Waals surface area contributed by atoms with Crippen molar-refractivity contribution in [1.82, 2.24) is 15.2 Å². The SMILES string of the molecule is OCc1coc(-c2cc(C(F)(F)F)n[nH]2)n1. The normalized spacial score (nSPS) is 12.0. The molecule has 2 N–H and O–H groups in total. The molecule has 0 saturated carbocycles. The van der Waals surface area contributed by atoms with E-state index >= 15 is 0 Å². The molecule has 0 aliphatic carbocycles. The van der Waals surface area contributed by atoms with Crippen LogP contribution in [0.3, 0.4) is 0 Å². The third-order valence-electron chi connectivity index (χ3n) is 1.81. The lowest BCUT2D eigenvalue weighted by Gasteiger charge is -1.98. The molecule has 0 fully saturated rings. The van der Waals surface area contributed by atoms with Gasteiger partial charge in [0.15, 0.2) is 5.69 Å². The molecule has 0 aliphatic rings. The first kappa shape index (κ1) is 10.7. The summed E-state index contributed by atoms with van der Waals surface area (Å²) in [7, 11) is 0. The first-order valence-electron chi connectivity index (χ1n) is 4.19. The van der Waals surface area contributed by atoms with Crippen LogP contribution in [-0.2, 0) is 12.8 Å². The molecule has 0 radical (unpaired) electrons. The number of rotatable bonds is 2. The number of oxazole rings is 1. The number of aliphatic hydroxyl groups excluding tert-OH is 1. The molecule has 0 aromatic carbocycles. The molecule has 16 heavy (non-hydrogen) atoms. The van der Waals surface area contributed by atoms with Crippen molar-refractivity contribution in [2.24, 2.45) is 0 Å². The summed E-state index contributed by atoms with van der Waals surface area (Å²) in [5.74, 6) is -0.0490. The number of nitrogens with zero attached hydrogens (tertiary/aromatic N) is 2. The number of hydrogen-bond acceptors (Lipinski definition) is 4. The molecule has 8 heteroatoms. The van der Waals surface area contributed by atoms with Crippen LogP contribution in [0.5, 0.6) is 0 Å².